The first-order valence-electron chi connectivity index (χ1n) is 8.68. The van der Waals surface area contributed by atoms with E-state index >= 15 is 0 Å². The van der Waals surface area contributed by atoms with Crippen LogP contribution in [0.15, 0.2) is 40.2 Å². The average molecular weight is 377 g/mol. The molecule has 0 unspecified atom stereocenters. The van der Waals surface area contributed by atoms with E-state index in [1.165, 1.54) is 6.26 Å². The van der Waals surface area contributed by atoms with Crippen LogP contribution < -0.4 is 9.64 Å². The quantitative estimate of drug-likeness (QED) is 0.770. The zero-order valence-corrected chi connectivity index (χ0v) is 15.1. The molecule has 2 aliphatic rings. The molecule has 2 aromatic rings. The predicted molar refractivity (Wildman–Crippen MR) is 98.6 cm³/mol. The molecule has 1 aromatic heterocycles. The van der Waals surface area contributed by atoms with Gasteiger partial charge in [-0.15, -0.1) is 0 Å². The second-order valence-corrected chi connectivity index (χ2v) is 7.43. The van der Waals surface area contributed by atoms with E-state index in [9.17, 15) is 4.39 Å². The molecular weight excluding hydrogens is 357 g/mol. The number of hydrogen-bond donors (Lipinski definition) is 0. The first kappa shape index (κ1) is 17.2. The molecule has 8 heteroatoms. The number of benzene rings is 1. The monoisotopic (exact) mass is 377 g/mol. The Kier molecular flexibility index (Phi) is 5.29. The van der Waals surface area contributed by atoms with Crippen molar-refractivity contribution in [1.29, 1.82) is 0 Å². The fraction of sp³-hybridized carbons (Fsp3) is 0.444. The number of hydrogen-bond acceptors (Lipinski definition) is 7. The molecule has 0 N–H and O–H groups in total. The molecule has 0 radical (unpaired) electrons. The van der Waals surface area contributed by atoms with E-state index in [2.05, 4.69) is 15.2 Å². The first-order valence-corrected chi connectivity index (χ1v) is 9.83. The second-order valence-electron chi connectivity index (χ2n) is 6.21. The molecule has 0 saturated carbocycles. The normalized spacial score (nSPS) is 20.0. The summed E-state index contributed by atoms with van der Waals surface area (Å²) in [6.07, 6.45) is 2.70. The third-order valence-electron chi connectivity index (χ3n) is 4.47. The van der Waals surface area contributed by atoms with Crippen LogP contribution in [0.1, 0.15) is 18.4 Å². The second kappa shape index (κ2) is 7.99. The lowest BCUT2D eigenvalue weighted by Crippen LogP contribution is -2.33. The Balaban J connectivity index is 1.32. The minimum atomic E-state index is -0.199. The van der Waals surface area contributed by atoms with E-state index in [0.29, 0.717) is 31.0 Å². The van der Waals surface area contributed by atoms with E-state index in [0.717, 1.165) is 35.9 Å². The summed E-state index contributed by atoms with van der Waals surface area (Å²) in [6, 6.07) is 7.00. The Labute approximate surface area is 155 Å². The van der Waals surface area contributed by atoms with Crippen molar-refractivity contribution < 1.29 is 18.5 Å². The van der Waals surface area contributed by atoms with Crippen molar-refractivity contribution in [3.63, 3.8) is 0 Å². The van der Waals surface area contributed by atoms with Gasteiger partial charge in [0.1, 0.15) is 18.2 Å². The molecule has 0 aliphatic carbocycles. The van der Waals surface area contributed by atoms with Crippen LogP contribution in [-0.4, -0.2) is 48.2 Å². The van der Waals surface area contributed by atoms with Crippen LogP contribution in [0.5, 0.6) is 5.88 Å². The third kappa shape index (κ3) is 3.95. The van der Waals surface area contributed by atoms with Crippen LogP contribution in [0.3, 0.4) is 0 Å². The summed E-state index contributed by atoms with van der Waals surface area (Å²) < 4.78 is 24.7. The number of ether oxygens (including phenoxy) is 1. The van der Waals surface area contributed by atoms with Crippen molar-refractivity contribution in [2.24, 2.45) is 5.16 Å². The van der Waals surface area contributed by atoms with Crippen molar-refractivity contribution in [3.05, 3.63) is 41.9 Å². The maximum atomic E-state index is 14.6. The van der Waals surface area contributed by atoms with Gasteiger partial charge in [-0.1, -0.05) is 11.2 Å². The highest BCUT2D eigenvalue weighted by Crippen LogP contribution is 2.26. The van der Waals surface area contributed by atoms with Gasteiger partial charge in [0.2, 0.25) is 0 Å². The van der Waals surface area contributed by atoms with Gasteiger partial charge < -0.3 is 19.0 Å². The molecule has 4 rings (SSSR count). The summed E-state index contributed by atoms with van der Waals surface area (Å²) in [7, 11) is 0. The Morgan fingerprint density at radius 2 is 2.15 bits per heavy atom. The molecule has 0 bridgehead atoms. The maximum Gasteiger partial charge on any atom is 0.253 e. The fourth-order valence-corrected chi connectivity index (χ4v) is 3.97. The van der Waals surface area contributed by atoms with E-state index in [1.54, 1.807) is 12.1 Å². The van der Waals surface area contributed by atoms with Crippen LogP contribution in [0, 0.1) is 5.82 Å². The van der Waals surface area contributed by atoms with Crippen molar-refractivity contribution in [3.8, 4) is 5.88 Å². The predicted octanol–water partition coefficient (Wildman–Crippen LogP) is 3.33. The highest BCUT2D eigenvalue weighted by molar-refractivity contribution is 7.99. The molecular formula is C18H20FN3O3S. The molecule has 26 heavy (non-hydrogen) atoms. The number of aromatic nitrogens is 1. The Morgan fingerprint density at radius 1 is 1.27 bits per heavy atom. The van der Waals surface area contributed by atoms with Crippen molar-refractivity contribution in [2.75, 3.05) is 36.1 Å². The van der Waals surface area contributed by atoms with Gasteiger partial charge in [-0.25, -0.2) is 4.39 Å². The van der Waals surface area contributed by atoms with Crippen molar-refractivity contribution in [2.45, 2.75) is 18.9 Å². The molecule has 1 fully saturated rings. The van der Waals surface area contributed by atoms with Gasteiger partial charge in [-0.2, -0.15) is 11.8 Å². The SMILES string of the molecule is Fc1cc(C2=NO[C@H](CCOc3ccon3)C2)ccc1N1CCSCC1. The summed E-state index contributed by atoms with van der Waals surface area (Å²) in [5, 5.41) is 7.82. The van der Waals surface area contributed by atoms with Crippen LogP contribution in [0.2, 0.25) is 0 Å². The summed E-state index contributed by atoms with van der Waals surface area (Å²) in [5.74, 6) is 2.34. The van der Waals surface area contributed by atoms with Crippen LogP contribution in [0.25, 0.3) is 0 Å². The number of anilines is 1. The van der Waals surface area contributed by atoms with Gasteiger partial charge in [-0.3, -0.25) is 0 Å². The van der Waals surface area contributed by atoms with Crippen LogP contribution in [0.4, 0.5) is 10.1 Å². The lowest BCUT2D eigenvalue weighted by molar-refractivity contribution is 0.0665. The molecule has 1 atom stereocenters. The van der Waals surface area contributed by atoms with Gasteiger partial charge >= 0.3 is 0 Å². The van der Waals surface area contributed by atoms with Gasteiger partial charge in [0.15, 0.2) is 0 Å². The van der Waals surface area contributed by atoms with E-state index < -0.39 is 0 Å². The number of thioether (sulfide) groups is 1. The highest BCUT2D eigenvalue weighted by Gasteiger charge is 2.24. The Bertz CT molecular complexity index is 763. The summed E-state index contributed by atoms with van der Waals surface area (Å²) in [6.45, 7) is 2.23. The zero-order valence-electron chi connectivity index (χ0n) is 14.3. The average Bonchev–Trinajstić information content (AvgIpc) is 3.35. The standard InChI is InChI=1S/C18H20FN3O3S/c19-15-11-13(1-2-17(15)22-5-9-26-10-6-22)16-12-14(25-20-16)3-7-23-18-4-8-24-21-18/h1-2,4,8,11,14H,3,5-7,9-10,12H2/t14-/m1/s1. The topological polar surface area (TPSA) is 60.1 Å². The van der Waals surface area contributed by atoms with Gasteiger partial charge in [0.25, 0.3) is 5.88 Å². The summed E-state index contributed by atoms with van der Waals surface area (Å²) in [5.41, 5.74) is 2.22. The molecule has 3 heterocycles. The molecule has 2 aliphatic heterocycles. The van der Waals surface area contributed by atoms with Crippen LogP contribution in [-0.2, 0) is 4.84 Å². The van der Waals surface area contributed by atoms with Crippen LogP contribution >= 0.6 is 11.8 Å². The summed E-state index contributed by atoms with van der Waals surface area (Å²) >= 11 is 1.91. The van der Waals surface area contributed by atoms with Crippen molar-refractivity contribution >= 4 is 23.2 Å². The highest BCUT2D eigenvalue weighted by atomic mass is 32.2. The number of rotatable bonds is 6. The minimum absolute atomic E-state index is 0.0706. The summed E-state index contributed by atoms with van der Waals surface area (Å²) in [4.78, 5) is 7.56. The van der Waals surface area contributed by atoms with Crippen molar-refractivity contribution in [1.82, 2.24) is 5.16 Å². The smallest absolute Gasteiger partial charge is 0.253 e. The largest absolute Gasteiger partial charge is 0.475 e. The maximum absolute atomic E-state index is 14.6. The Morgan fingerprint density at radius 3 is 2.92 bits per heavy atom. The first-order chi connectivity index (χ1) is 12.8. The van der Waals surface area contributed by atoms with Gasteiger partial charge in [-0.05, 0) is 17.3 Å². The minimum Gasteiger partial charge on any atom is -0.475 e. The molecule has 1 aromatic carbocycles. The molecule has 0 spiro atoms. The molecule has 1 saturated heterocycles. The zero-order chi connectivity index (χ0) is 17.8. The number of nitrogens with zero attached hydrogens (tertiary/aromatic N) is 3. The van der Waals surface area contributed by atoms with Gasteiger partial charge in [0.05, 0.1) is 18.0 Å². The van der Waals surface area contributed by atoms with Gasteiger partial charge in [0, 0.05) is 49.1 Å². The fourth-order valence-electron chi connectivity index (χ4n) is 3.07. The lowest BCUT2D eigenvalue weighted by Gasteiger charge is -2.28. The van der Waals surface area contributed by atoms with E-state index in [1.807, 2.05) is 23.9 Å². The lowest BCUT2D eigenvalue weighted by atomic mass is 10.0. The van der Waals surface area contributed by atoms with E-state index in [-0.39, 0.29) is 11.9 Å². The molecule has 0 amide bonds. The molecule has 6 nitrogen and oxygen atoms in total. The Hall–Kier alpha value is -2.22. The van der Waals surface area contributed by atoms with E-state index in [4.69, 9.17) is 14.1 Å². The number of oxime groups is 1. The third-order valence-corrected chi connectivity index (χ3v) is 5.41. The molecule has 138 valence electrons. The number of halogens is 1.